The van der Waals surface area contributed by atoms with Gasteiger partial charge in [-0.15, -0.1) is 0 Å². The van der Waals surface area contributed by atoms with Crippen molar-refractivity contribution in [1.29, 1.82) is 0 Å². The number of hydrogen-bond acceptors (Lipinski definition) is 3. The first-order chi connectivity index (χ1) is 10.5. The molecule has 0 aromatic rings. The minimum Gasteiger partial charge on any atom is -0.458 e. The van der Waals surface area contributed by atoms with Crippen molar-refractivity contribution in [3.63, 3.8) is 0 Å². The largest absolute Gasteiger partial charge is 0.458 e. The first-order valence-electron chi connectivity index (χ1n) is 9.08. The minimum atomic E-state index is -0.549. The first-order valence-corrected chi connectivity index (χ1v) is 9.08. The molecule has 0 radical (unpaired) electrons. The fourth-order valence-electron chi connectivity index (χ4n) is 3.48. The van der Waals surface area contributed by atoms with E-state index >= 15 is 0 Å². The van der Waals surface area contributed by atoms with Gasteiger partial charge >= 0.3 is 5.97 Å². The van der Waals surface area contributed by atoms with E-state index in [9.17, 15) is 9.59 Å². The molecule has 0 aromatic carbocycles. The molecule has 4 nitrogen and oxygen atoms in total. The lowest BCUT2D eigenvalue weighted by molar-refractivity contribution is -0.159. The van der Waals surface area contributed by atoms with Gasteiger partial charge in [-0.25, -0.2) is 4.79 Å². The molecule has 134 valence electrons. The number of rotatable bonds is 5. The van der Waals surface area contributed by atoms with Crippen LogP contribution in [0.25, 0.3) is 0 Å². The van der Waals surface area contributed by atoms with Gasteiger partial charge in [0.15, 0.2) is 0 Å². The van der Waals surface area contributed by atoms with Gasteiger partial charge in [-0.2, -0.15) is 0 Å². The highest BCUT2D eigenvalue weighted by molar-refractivity contribution is 5.86. The standard InChI is InChI=1S/C19H35NO3/c1-8-16(18(22)23-19(5,6)7)20-17(21)15-11-13(4)9-10-14(15)12(2)3/h12-16H,8-11H2,1-7H3,(H,20,21)/t13-,14+,15-,16-/m1/s1. The molecule has 1 N–H and O–H groups in total. The second kappa shape index (κ2) is 8.16. The maximum absolute atomic E-state index is 12.8. The van der Waals surface area contributed by atoms with Gasteiger partial charge in [-0.1, -0.05) is 34.1 Å². The number of amides is 1. The third-order valence-electron chi connectivity index (χ3n) is 4.78. The predicted molar refractivity (Wildman–Crippen MR) is 92.9 cm³/mol. The van der Waals surface area contributed by atoms with Crippen molar-refractivity contribution in [2.45, 2.75) is 85.8 Å². The van der Waals surface area contributed by atoms with Crippen LogP contribution in [0.3, 0.4) is 0 Å². The fraction of sp³-hybridized carbons (Fsp3) is 0.895. The molecule has 0 aliphatic heterocycles. The van der Waals surface area contributed by atoms with Gasteiger partial charge < -0.3 is 10.1 Å². The van der Waals surface area contributed by atoms with E-state index in [0.29, 0.717) is 24.2 Å². The highest BCUT2D eigenvalue weighted by Crippen LogP contribution is 2.38. The minimum absolute atomic E-state index is 0.00948. The zero-order valence-electron chi connectivity index (χ0n) is 15.9. The Morgan fingerprint density at radius 2 is 1.83 bits per heavy atom. The molecule has 0 aromatic heterocycles. The van der Waals surface area contributed by atoms with Gasteiger partial charge in [0.05, 0.1) is 0 Å². The van der Waals surface area contributed by atoms with Crippen molar-refractivity contribution in [2.24, 2.45) is 23.7 Å². The van der Waals surface area contributed by atoms with Crippen LogP contribution in [0.2, 0.25) is 0 Å². The number of nitrogens with one attached hydrogen (secondary N) is 1. The van der Waals surface area contributed by atoms with Crippen LogP contribution in [0, 0.1) is 23.7 Å². The fourth-order valence-corrected chi connectivity index (χ4v) is 3.48. The van der Waals surface area contributed by atoms with Crippen molar-refractivity contribution >= 4 is 11.9 Å². The van der Waals surface area contributed by atoms with Gasteiger partial charge in [-0.3, -0.25) is 4.79 Å². The van der Waals surface area contributed by atoms with E-state index in [-0.39, 0.29) is 17.8 Å². The van der Waals surface area contributed by atoms with Crippen LogP contribution in [-0.4, -0.2) is 23.5 Å². The van der Waals surface area contributed by atoms with E-state index in [1.165, 1.54) is 6.42 Å². The maximum Gasteiger partial charge on any atom is 0.329 e. The molecule has 1 fully saturated rings. The Morgan fingerprint density at radius 3 is 2.30 bits per heavy atom. The lowest BCUT2D eigenvalue weighted by Crippen LogP contribution is -2.48. The topological polar surface area (TPSA) is 55.4 Å². The molecule has 0 heterocycles. The number of hydrogen-bond donors (Lipinski definition) is 1. The van der Waals surface area contributed by atoms with Crippen molar-refractivity contribution in [3.8, 4) is 0 Å². The van der Waals surface area contributed by atoms with Gasteiger partial charge in [0.25, 0.3) is 0 Å². The number of ether oxygens (including phenoxy) is 1. The third kappa shape index (κ3) is 6.15. The Bertz CT molecular complexity index is 411. The summed E-state index contributed by atoms with van der Waals surface area (Å²) in [7, 11) is 0. The normalized spacial score (nSPS) is 26.7. The monoisotopic (exact) mass is 325 g/mol. The average Bonchev–Trinajstić information content (AvgIpc) is 2.41. The van der Waals surface area contributed by atoms with Crippen molar-refractivity contribution in [3.05, 3.63) is 0 Å². The number of esters is 1. The van der Waals surface area contributed by atoms with Gasteiger partial charge in [0, 0.05) is 5.92 Å². The molecule has 0 spiro atoms. The van der Waals surface area contributed by atoms with Crippen molar-refractivity contribution in [2.75, 3.05) is 0 Å². The summed E-state index contributed by atoms with van der Waals surface area (Å²) in [4.78, 5) is 25.0. The first kappa shape index (κ1) is 20.0. The Balaban J connectivity index is 2.75. The molecule has 0 saturated heterocycles. The summed E-state index contributed by atoms with van der Waals surface area (Å²) < 4.78 is 5.42. The van der Waals surface area contributed by atoms with Crippen molar-refractivity contribution in [1.82, 2.24) is 5.32 Å². The van der Waals surface area contributed by atoms with E-state index in [2.05, 4.69) is 26.1 Å². The van der Waals surface area contributed by atoms with Crippen molar-refractivity contribution < 1.29 is 14.3 Å². The van der Waals surface area contributed by atoms with E-state index in [4.69, 9.17) is 4.74 Å². The lowest BCUT2D eigenvalue weighted by Gasteiger charge is -2.37. The maximum atomic E-state index is 12.8. The van der Waals surface area contributed by atoms with Crippen LogP contribution in [-0.2, 0) is 14.3 Å². The molecule has 0 unspecified atom stereocenters. The SMILES string of the molecule is CC[C@@H](NC(=O)[C@@H]1C[C@H](C)CC[C@H]1C(C)C)C(=O)OC(C)(C)C. The Kier molecular flexibility index (Phi) is 7.09. The molecule has 1 saturated carbocycles. The summed E-state index contributed by atoms with van der Waals surface area (Å²) in [5.74, 6) is 1.16. The van der Waals surface area contributed by atoms with Gasteiger partial charge in [-0.05, 0) is 57.8 Å². The highest BCUT2D eigenvalue weighted by atomic mass is 16.6. The molecule has 1 aliphatic carbocycles. The molecule has 1 aliphatic rings. The van der Waals surface area contributed by atoms with Gasteiger partial charge in [0.2, 0.25) is 5.91 Å². The van der Waals surface area contributed by atoms with E-state index in [1.807, 2.05) is 27.7 Å². The lowest BCUT2D eigenvalue weighted by atomic mass is 9.69. The molecule has 0 bridgehead atoms. The summed E-state index contributed by atoms with van der Waals surface area (Å²) in [6, 6.07) is -0.549. The van der Waals surface area contributed by atoms with Crippen LogP contribution >= 0.6 is 0 Å². The summed E-state index contributed by atoms with van der Waals surface area (Å²) in [5.41, 5.74) is -0.533. The Hall–Kier alpha value is -1.06. The zero-order valence-corrected chi connectivity index (χ0v) is 15.9. The zero-order chi connectivity index (χ0) is 17.8. The van der Waals surface area contributed by atoms with Crippen LogP contribution in [0.4, 0.5) is 0 Å². The van der Waals surface area contributed by atoms with E-state index < -0.39 is 11.6 Å². The molecule has 4 heteroatoms. The van der Waals surface area contributed by atoms with Crippen LogP contribution in [0.1, 0.15) is 74.1 Å². The second-order valence-electron chi connectivity index (χ2n) is 8.44. The molecular weight excluding hydrogens is 290 g/mol. The Labute approximate surface area is 141 Å². The van der Waals surface area contributed by atoms with E-state index in [1.54, 1.807) is 0 Å². The number of carbonyl (C=O) groups is 2. The van der Waals surface area contributed by atoms with Crippen LogP contribution in [0.15, 0.2) is 0 Å². The van der Waals surface area contributed by atoms with Crippen LogP contribution < -0.4 is 5.32 Å². The second-order valence-corrected chi connectivity index (χ2v) is 8.44. The average molecular weight is 325 g/mol. The smallest absolute Gasteiger partial charge is 0.329 e. The molecule has 23 heavy (non-hydrogen) atoms. The summed E-state index contributed by atoms with van der Waals surface area (Å²) >= 11 is 0. The quantitative estimate of drug-likeness (QED) is 0.779. The predicted octanol–water partition coefficient (Wildman–Crippen LogP) is 3.93. The Morgan fingerprint density at radius 1 is 1.22 bits per heavy atom. The summed E-state index contributed by atoms with van der Waals surface area (Å²) in [5, 5.41) is 2.95. The third-order valence-corrected chi connectivity index (χ3v) is 4.78. The molecule has 1 amide bonds. The summed E-state index contributed by atoms with van der Waals surface area (Å²) in [6.07, 6.45) is 3.75. The molecule has 4 atom stereocenters. The summed E-state index contributed by atoms with van der Waals surface area (Å²) in [6.45, 7) is 14.0. The molecule has 1 rings (SSSR count). The van der Waals surface area contributed by atoms with Gasteiger partial charge in [0.1, 0.15) is 11.6 Å². The molecular formula is C19H35NO3. The van der Waals surface area contributed by atoms with E-state index in [0.717, 1.165) is 12.8 Å². The highest BCUT2D eigenvalue weighted by Gasteiger charge is 2.37. The number of carbonyl (C=O) groups excluding carboxylic acids is 2. The van der Waals surface area contributed by atoms with Crippen LogP contribution in [0.5, 0.6) is 0 Å².